The molecule has 1 rings (SSSR count). The minimum absolute atomic E-state index is 0.0432. The number of anilines is 1. The molecule has 3 nitrogen and oxygen atoms in total. The average Bonchev–Trinajstić information content (AvgIpc) is 2.36. The molecule has 3 heteroatoms. The fourth-order valence-electron chi connectivity index (χ4n) is 1.54. The Morgan fingerprint density at radius 3 is 2.47 bits per heavy atom. The first kappa shape index (κ1) is 13.6. The topological polar surface area (TPSA) is 41.1 Å². The number of benzene rings is 1. The summed E-state index contributed by atoms with van der Waals surface area (Å²) in [5.41, 5.74) is 0.971. The fraction of sp³-hybridized carbons (Fsp3) is 0.500. The highest BCUT2D eigenvalue weighted by atomic mass is 16.1. The average molecular weight is 234 g/mol. The molecule has 0 aliphatic rings. The molecular formula is C14H22N2O. The number of hydrogen-bond acceptors (Lipinski definition) is 2. The third kappa shape index (κ3) is 4.89. The van der Waals surface area contributed by atoms with Gasteiger partial charge in [0, 0.05) is 11.7 Å². The molecule has 1 amide bonds. The van der Waals surface area contributed by atoms with Crippen LogP contribution in [0.3, 0.4) is 0 Å². The number of nitrogens with one attached hydrogen (secondary N) is 2. The van der Waals surface area contributed by atoms with E-state index >= 15 is 0 Å². The van der Waals surface area contributed by atoms with Crippen molar-refractivity contribution >= 4 is 11.6 Å². The predicted octanol–water partition coefficient (Wildman–Crippen LogP) is 2.65. The smallest absolute Gasteiger partial charge is 0.239 e. The SMILES string of the molecule is CCC(C)C(C)NC(=O)CNc1ccccc1. The number of carbonyl (C=O) groups excluding carboxylic acids is 1. The van der Waals surface area contributed by atoms with Crippen molar-refractivity contribution in [1.82, 2.24) is 5.32 Å². The number of para-hydroxylation sites is 1. The standard InChI is InChI=1S/C14H22N2O/c1-4-11(2)12(3)16-14(17)10-15-13-8-6-5-7-9-13/h5-9,11-12,15H,4,10H2,1-3H3,(H,16,17). The Bertz CT molecular complexity index is 337. The zero-order valence-corrected chi connectivity index (χ0v) is 10.9. The van der Waals surface area contributed by atoms with Gasteiger partial charge >= 0.3 is 0 Å². The first-order valence-electron chi connectivity index (χ1n) is 6.21. The van der Waals surface area contributed by atoms with Crippen LogP contribution < -0.4 is 10.6 Å². The molecule has 0 spiro atoms. The van der Waals surface area contributed by atoms with Crippen molar-refractivity contribution in [2.24, 2.45) is 5.92 Å². The lowest BCUT2D eigenvalue weighted by molar-refractivity contribution is -0.120. The Morgan fingerprint density at radius 1 is 1.24 bits per heavy atom. The van der Waals surface area contributed by atoms with E-state index in [4.69, 9.17) is 0 Å². The highest BCUT2D eigenvalue weighted by molar-refractivity contribution is 5.80. The van der Waals surface area contributed by atoms with E-state index in [1.807, 2.05) is 30.3 Å². The van der Waals surface area contributed by atoms with Gasteiger partial charge in [-0.15, -0.1) is 0 Å². The van der Waals surface area contributed by atoms with E-state index in [-0.39, 0.29) is 11.9 Å². The van der Waals surface area contributed by atoms with Gasteiger partial charge in [0.2, 0.25) is 5.91 Å². The molecule has 2 N–H and O–H groups in total. The molecule has 0 aromatic heterocycles. The monoisotopic (exact) mass is 234 g/mol. The lowest BCUT2D eigenvalue weighted by Crippen LogP contribution is -2.40. The van der Waals surface area contributed by atoms with E-state index in [0.29, 0.717) is 12.5 Å². The Balaban J connectivity index is 2.31. The molecule has 94 valence electrons. The first-order chi connectivity index (χ1) is 8.13. The van der Waals surface area contributed by atoms with Crippen LogP contribution >= 0.6 is 0 Å². The van der Waals surface area contributed by atoms with E-state index in [1.54, 1.807) is 0 Å². The van der Waals surface area contributed by atoms with Crippen molar-refractivity contribution in [2.75, 3.05) is 11.9 Å². The summed E-state index contributed by atoms with van der Waals surface area (Å²) >= 11 is 0. The summed E-state index contributed by atoms with van der Waals surface area (Å²) in [5, 5.41) is 6.09. The van der Waals surface area contributed by atoms with Crippen LogP contribution in [0.5, 0.6) is 0 Å². The fourth-order valence-corrected chi connectivity index (χ4v) is 1.54. The van der Waals surface area contributed by atoms with Crippen LogP contribution in [0.15, 0.2) is 30.3 Å². The summed E-state index contributed by atoms with van der Waals surface area (Å²) < 4.78 is 0. The van der Waals surface area contributed by atoms with Gasteiger partial charge < -0.3 is 10.6 Å². The number of amides is 1. The highest BCUT2D eigenvalue weighted by Crippen LogP contribution is 2.07. The van der Waals surface area contributed by atoms with Crippen molar-refractivity contribution < 1.29 is 4.79 Å². The molecule has 17 heavy (non-hydrogen) atoms. The van der Waals surface area contributed by atoms with Crippen LogP contribution in [0.25, 0.3) is 0 Å². The lowest BCUT2D eigenvalue weighted by Gasteiger charge is -2.20. The maximum absolute atomic E-state index is 11.7. The number of rotatable bonds is 6. The third-order valence-electron chi connectivity index (χ3n) is 3.11. The van der Waals surface area contributed by atoms with Gasteiger partial charge in [-0.1, -0.05) is 38.5 Å². The zero-order valence-electron chi connectivity index (χ0n) is 10.9. The third-order valence-corrected chi connectivity index (χ3v) is 3.11. The number of carbonyl (C=O) groups is 1. The zero-order chi connectivity index (χ0) is 12.7. The van der Waals surface area contributed by atoms with Crippen molar-refractivity contribution in [3.63, 3.8) is 0 Å². The normalized spacial score (nSPS) is 13.8. The van der Waals surface area contributed by atoms with Crippen molar-refractivity contribution in [3.05, 3.63) is 30.3 Å². The Hall–Kier alpha value is -1.51. The summed E-state index contributed by atoms with van der Waals surface area (Å²) in [5.74, 6) is 0.553. The van der Waals surface area contributed by atoms with Gasteiger partial charge in [0.1, 0.15) is 0 Å². The molecule has 1 aromatic rings. The van der Waals surface area contributed by atoms with Crippen molar-refractivity contribution in [1.29, 1.82) is 0 Å². The van der Waals surface area contributed by atoms with Gasteiger partial charge in [-0.3, -0.25) is 4.79 Å². The highest BCUT2D eigenvalue weighted by Gasteiger charge is 2.12. The molecule has 0 saturated heterocycles. The van der Waals surface area contributed by atoms with E-state index in [1.165, 1.54) is 0 Å². The van der Waals surface area contributed by atoms with Crippen LogP contribution in [-0.4, -0.2) is 18.5 Å². The summed E-state index contributed by atoms with van der Waals surface area (Å²) in [6, 6.07) is 9.97. The summed E-state index contributed by atoms with van der Waals surface area (Å²) in [6.45, 7) is 6.66. The van der Waals surface area contributed by atoms with E-state index in [2.05, 4.69) is 31.4 Å². The molecule has 2 unspecified atom stereocenters. The molecule has 0 fully saturated rings. The minimum Gasteiger partial charge on any atom is -0.376 e. The maximum atomic E-state index is 11.7. The maximum Gasteiger partial charge on any atom is 0.239 e. The van der Waals surface area contributed by atoms with Crippen molar-refractivity contribution in [3.8, 4) is 0 Å². The second-order valence-corrected chi connectivity index (χ2v) is 4.46. The van der Waals surface area contributed by atoms with E-state index in [9.17, 15) is 4.79 Å². The molecule has 0 heterocycles. The molecule has 0 bridgehead atoms. The number of hydrogen-bond donors (Lipinski definition) is 2. The second-order valence-electron chi connectivity index (χ2n) is 4.46. The second kappa shape index (κ2) is 6.94. The summed E-state index contributed by atoms with van der Waals surface area (Å²) in [6.07, 6.45) is 1.08. The molecule has 0 aliphatic heterocycles. The van der Waals surface area contributed by atoms with Crippen LogP contribution in [0.2, 0.25) is 0 Å². The van der Waals surface area contributed by atoms with Crippen LogP contribution in [-0.2, 0) is 4.79 Å². The lowest BCUT2D eigenvalue weighted by atomic mass is 10.0. The summed E-state index contributed by atoms with van der Waals surface area (Å²) in [7, 11) is 0. The largest absolute Gasteiger partial charge is 0.376 e. The van der Waals surface area contributed by atoms with Crippen molar-refractivity contribution in [2.45, 2.75) is 33.2 Å². The quantitative estimate of drug-likeness (QED) is 0.794. The molecule has 0 aliphatic carbocycles. The van der Waals surface area contributed by atoms with Gasteiger partial charge in [-0.25, -0.2) is 0 Å². The Kier molecular flexibility index (Phi) is 5.53. The van der Waals surface area contributed by atoms with Crippen LogP contribution in [0.1, 0.15) is 27.2 Å². The predicted molar refractivity (Wildman–Crippen MR) is 72.0 cm³/mol. The van der Waals surface area contributed by atoms with Gasteiger partial charge in [-0.2, -0.15) is 0 Å². The molecular weight excluding hydrogens is 212 g/mol. The molecule has 1 aromatic carbocycles. The Morgan fingerprint density at radius 2 is 1.88 bits per heavy atom. The van der Waals surface area contributed by atoms with Gasteiger partial charge in [0.25, 0.3) is 0 Å². The van der Waals surface area contributed by atoms with Crippen LogP contribution in [0, 0.1) is 5.92 Å². The van der Waals surface area contributed by atoms with Gasteiger partial charge in [0.15, 0.2) is 0 Å². The van der Waals surface area contributed by atoms with Gasteiger partial charge in [-0.05, 0) is 25.0 Å². The van der Waals surface area contributed by atoms with Crippen LogP contribution in [0.4, 0.5) is 5.69 Å². The van der Waals surface area contributed by atoms with Gasteiger partial charge in [0.05, 0.1) is 6.54 Å². The van der Waals surface area contributed by atoms with E-state index in [0.717, 1.165) is 12.1 Å². The molecule has 0 saturated carbocycles. The summed E-state index contributed by atoms with van der Waals surface area (Å²) in [4.78, 5) is 11.7. The molecule has 0 radical (unpaired) electrons. The van der Waals surface area contributed by atoms with E-state index < -0.39 is 0 Å². The first-order valence-corrected chi connectivity index (χ1v) is 6.21. The minimum atomic E-state index is 0.0432. The Labute approximate surface area is 104 Å². The molecule has 2 atom stereocenters.